The topological polar surface area (TPSA) is 0 Å². The summed E-state index contributed by atoms with van der Waals surface area (Å²) in [6, 6.07) is 0. The van der Waals surface area contributed by atoms with Crippen LogP contribution in [0.1, 0.15) is 33.1 Å². The summed E-state index contributed by atoms with van der Waals surface area (Å²) in [6.07, 6.45) is 3.61. The van der Waals surface area contributed by atoms with E-state index in [0.29, 0.717) is 0 Å². The van der Waals surface area contributed by atoms with Crippen LogP contribution >= 0.6 is 15.9 Å². The van der Waals surface area contributed by atoms with Gasteiger partial charge in [-0.25, -0.2) is 0 Å². The Labute approximate surface area is 72.8 Å². The van der Waals surface area contributed by atoms with Crippen molar-refractivity contribution < 1.29 is 0 Å². The van der Waals surface area contributed by atoms with Crippen LogP contribution in [-0.4, -0.2) is 5.33 Å². The van der Waals surface area contributed by atoms with Gasteiger partial charge in [0.15, 0.2) is 0 Å². The third-order valence-corrected chi connectivity index (χ3v) is 2.86. The largest absolute Gasteiger partial charge is 0.0999 e. The number of hydrogen-bond acceptors (Lipinski definition) is 0. The first-order valence-corrected chi connectivity index (χ1v) is 5.05. The Kier molecular flexibility index (Phi) is 6.10. The second kappa shape index (κ2) is 5.96. The van der Waals surface area contributed by atoms with Gasteiger partial charge in [0.25, 0.3) is 0 Å². The van der Waals surface area contributed by atoms with E-state index in [1.165, 1.54) is 18.4 Å². The van der Waals surface area contributed by atoms with Crippen molar-refractivity contribution in [1.82, 2.24) is 0 Å². The zero-order valence-electron chi connectivity index (χ0n) is 6.99. The van der Waals surface area contributed by atoms with Crippen molar-refractivity contribution in [2.75, 3.05) is 5.33 Å². The third-order valence-electron chi connectivity index (χ3n) is 1.75. The van der Waals surface area contributed by atoms with Gasteiger partial charge in [0.2, 0.25) is 0 Å². The van der Waals surface area contributed by atoms with Crippen molar-refractivity contribution in [2.45, 2.75) is 33.1 Å². The summed E-state index contributed by atoms with van der Waals surface area (Å²) in [5.74, 6) is 0.795. The predicted molar refractivity (Wildman–Crippen MR) is 51.6 cm³/mol. The zero-order valence-corrected chi connectivity index (χ0v) is 8.58. The maximum Gasteiger partial charge on any atom is 0.00571 e. The lowest BCUT2D eigenvalue weighted by Crippen LogP contribution is -1.95. The van der Waals surface area contributed by atoms with Crippen molar-refractivity contribution in [2.24, 2.45) is 5.92 Å². The second-order valence-corrected chi connectivity index (χ2v) is 3.55. The minimum Gasteiger partial charge on any atom is -0.0999 e. The van der Waals surface area contributed by atoms with Gasteiger partial charge in [-0.05, 0) is 25.2 Å². The molecule has 1 unspecified atom stereocenters. The highest BCUT2D eigenvalue weighted by molar-refractivity contribution is 9.09. The predicted octanol–water partition coefficient (Wildman–Crippen LogP) is 3.76. The Balaban J connectivity index is 3.26. The lowest BCUT2D eigenvalue weighted by molar-refractivity contribution is 0.592. The summed E-state index contributed by atoms with van der Waals surface area (Å²) < 4.78 is 0. The molecule has 0 aliphatic heterocycles. The van der Waals surface area contributed by atoms with Gasteiger partial charge in [0, 0.05) is 5.33 Å². The maximum atomic E-state index is 3.96. The van der Waals surface area contributed by atoms with Crippen molar-refractivity contribution >= 4 is 15.9 Å². The first kappa shape index (κ1) is 10.2. The molecule has 0 rings (SSSR count). The Bertz CT molecular complexity index is 96.9. The van der Waals surface area contributed by atoms with Crippen molar-refractivity contribution in [3.63, 3.8) is 0 Å². The molecular formula is C9H17Br. The van der Waals surface area contributed by atoms with Gasteiger partial charge in [-0.1, -0.05) is 41.9 Å². The summed E-state index contributed by atoms with van der Waals surface area (Å²) >= 11 is 3.46. The molecule has 0 bridgehead atoms. The summed E-state index contributed by atoms with van der Waals surface area (Å²) in [4.78, 5) is 0. The summed E-state index contributed by atoms with van der Waals surface area (Å²) in [6.45, 7) is 8.39. The minimum absolute atomic E-state index is 0.795. The minimum atomic E-state index is 0.795. The van der Waals surface area contributed by atoms with Crippen LogP contribution in [0.4, 0.5) is 0 Å². The van der Waals surface area contributed by atoms with Crippen molar-refractivity contribution in [3.05, 3.63) is 12.2 Å². The van der Waals surface area contributed by atoms with Crippen LogP contribution in [0.15, 0.2) is 12.2 Å². The van der Waals surface area contributed by atoms with Crippen molar-refractivity contribution in [1.29, 1.82) is 0 Å². The molecule has 0 fully saturated rings. The molecule has 0 nitrogen and oxygen atoms in total. The lowest BCUT2D eigenvalue weighted by Gasteiger charge is -2.07. The summed E-state index contributed by atoms with van der Waals surface area (Å²) in [7, 11) is 0. The average Bonchev–Trinajstić information content (AvgIpc) is 1.99. The second-order valence-electron chi connectivity index (χ2n) is 2.90. The van der Waals surface area contributed by atoms with Crippen LogP contribution in [0.5, 0.6) is 0 Å². The van der Waals surface area contributed by atoms with Gasteiger partial charge in [-0.2, -0.15) is 0 Å². The van der Waals surface area contributed by atoms with E-state index in [-0.39, 0.29) is 0 Å². The molecule has 0 aliphatic carbocycles. The molecule has 0 N–H and O–H groups in total. The van der Waals surface area contributed by atoms with Crippen LogP contribution in [0.2, 0.25) is 0 Å². The van der Waals surface area contributed by atoms with E-state index in [2.05, 4.69) is 36.4 Å². The van der Waals surface area contributed by atoms with Crippen LogP contribution < -0.4 is 0 Å². The van der Waals surface area contributed by atoms with E-state index in [0.717, 1.165) is 17.7 Å². The molecule has 0 aliphatic rings. The quantitative estimate of drug-likeness (QED) is 0.473. The van der Waals surface area contributed by atoms with Gasteiger partial charge in [-0.3, -0.25) is 0 Å². The average molecular weight is 205 g/mol. The molecule has 0 spiro atoms. The number of hydrogen-bond donors (Lipinski definition) is 0. The molecule has 0 amide bonds. The number of allylic oxidation sites excluding steroid dienone is 1. The fraction of sp³-hybridized carbons (Fsp3) is 0.778. The Morgan fingerprint density at radius 3 is 2.60 bits per heavy atom. The molecular weight excluding hydrogens is 188 g/mol. The summed E-state index contributed by atoms with van der Waals surface area (Å²) in [5.41, 5.74) is 1.38. The SMILES string of the molecule is C=C(CC)CCC(C)CBr. The smallest absolute Gasteiger partial charge is 0.00571 e. The van der Waals surface area contributed by atoms with Gasteiger partial charge >= 0.3 is 0 Å². The van der Waals surface area contributed by atoms with Crippen LogP contribution in [-0.2, 0) is 0 Å². The third kappa shape index (κ3) is 5.04. The Morgan fingerprint density at radius 1 is 1.60 bits per heavy atom. The number of alkyl halides is 1. The van der Waals surface area contributed by atoms with Gasteiger partial charge in [-0.15, -0.1) is 0 Å². The summed E-state index contributed by atoms with van der Waals surface area (Å²) in [5, 5.41) is 1.12. The molecule has 0 saturated heterocycles. The molecule has 1 atom stereocenters. The number of halogens is 1. The molecule has 10 heavy (non-hydrogen) atoms. The molecule has 0 heterocycles. The normalized spacial score (nSPS) is 13.1. The van der Waals surface area contributed by atoms with Gasteiger partial charge in [0.05, 0.1) is 0 Å². The van der Waals surface area contributed by atoms with E-state index >= 15 is 0 Å². The molecule has 1 heteroatoms. The van der Waals surface area contributed by atoms with Crippen LogP contribution in [0.25, 0.3) is 0 Å². The molecule has 0 aromatic rings. The highest BCUT2D eigenvalue weighted by Gasteiger charge is 1.99. The molecule has 0 radical (unpaired) electrons. The van der Waals surface area contributed by atoms with E-state index in [9.17, 15) is 0 Å². The van der Waals surface area contributed by atoms with Crippen LogP contribution in [0.3, 0.4) is 0 Å². The lowest BCUT2D eigenvalue weighted by atomic mass is 10.0. The highest BCUT2D eigenvalue weighted by Crippen LogP contribution is 2.14. The first-order valence-electron chi connectivity index (χ1n) is 3.93. The zero-order chi connectivity index (χ0) is 7.98. The van der Waals surface area contributed by atoms with Crippen LogP contribution in [0, 0.1) is 5.92 Å². The fourth-order valence-electron chi connectivity index (χ4n) is 0.704. The van der Waals surface area contributed by atoms with Gasteiger partial charge in [0.1, 0.15) is 0 Å². The van der Waals surface area contributed by atoms with E-state index in [1.54, 1.807) is 0 Å². The van der Waals surface area contributed by atoms with E-state index in [4.69, 9.17) is 0 Å². The van der Waals surface area contributed by atoms with Crippen molar-refractivity contribution in [3.8, 4) is 0 Å². The van der Waals surface area contributed by atoms with E-state index in [1.807, 2.05) is 0 Å². The standard InChI is InChI=1S/C9H17Br/c1-4-8(2)5-6-9(3)7-10/h9H,2,4-7H2,1,3H3. The maximum absolute atomic E-state index is 3.96. The fourth-order valence-corrected chi connectivity index (χ4v) is 1.03. The highest BCUT2D eigenvalue weighted by atomic mass is 79.9. The number of rotatable bonds is 5. The Morgan fingerprint density at radius 2 is 2.20 bits per heavy atom. The Hall–Kier alpha value is 0.220. The van der Waals surface area contributed by atoms with Gasteiger partial charge < -0.3 is 0 Å². The molecule has 0 aromatic heterocycles. The monoisotopic (exact) mass is 204 g/mol. The molecule has 0 saturated carbocycles. The molecule has 60 valence electrons. The molecule has 0 aromatic carbocycles. The first-order chi connectivity index (χ1) is 4.70. The van der Waals surface area contributed by atoms with E-state index < -0.39 is 0 Å².